The molecule has 6 aromatic rings. The fourth-order valence-corrected chi connectivity index (χ4v) is 11.7. The summed E-state index contributed by atoms with van der Waals surface area (Å²) in [4.78, 5) is 78.3. The SMILES string of the molecule is O=C1OC2(CCN(C(=O)C3(c4ccc(-n5cnc6ccccc65)cc4)CCC3)C2)c2ccncc21.O=C1OC2(CCN(C(=O)C3(c4ccc(N5CCOC5=O)cc4)CCC3)C2)c2ccccc21. The number of esters is 2. The van der Waals surface area contributed by atoms with Gasteiger partial charge in [-0.25, -0.2) is 19.4 Å². The molecule has 0 bridgehead atoms. The van der Waals surface area contributed by atoms with Crippen LogP contribution in [0.4, 0.5) is 10.5 Å². The number of likely N-dealkylation sites (tertiary alicyclic amines) is 2. The lowest BCUT2D eigenvalue weighted by Crippen LogP contribution is -2.51. The standard InChI is InChI=1S/C28H24N4O3.C25H24N2O5/c33-25-21-16-29-14-10-22(21)28(35-25)13-15-31(17-28)26(34)27(11-3-12-27)19-6-8-20(9-7-19)32-18-30-23-4-1-2-5-24(23)32;28-21-19-4-1-2-5-20(19)25(32-21)12-13-26(16-25)22(29)24(10-3-11-24)17-6-8-18(9-7-17)27-14-15-31-23(27)30/h1-2,4-10,14,16,18H,3,11-13,15,17H2;1-2,4-9H,3,10-16H2. The summed E-state index contributed by atoms with van der Waals surface area (Å²) in [5, 5.41) is 0. The average molecular weight is 897 g/mol. The number of benzene rings is 4. The zero-order chi connectivity index (χ0) is 45.5. The molecule has 5 fully saturated rings. The van der Waals surface area contributed by atoms with Crippen LogP contribution in [0.5, 0.6) is 0 Å². The van der Waals surface area contributed by atoms with Gasteiger partial charge in [-0.15, -0.1) is 0 Å². The van der Waals surface area contributed by atoms with Crippen molar-refractivity contribution in [3.05, 3.63) is 155 Å². The van der Waals surface area contributed by atoms with E-state index in [2.05, 4.69) is 44.9 Å². The van der Waals surface area contributed by atoms with Crippen LogP contribution in [0.1, 0.15) is 94.3 Å². The van der Waals surface area contributed by atoms with Crippen molar-refractivity contribution >= 4 is 46.6 Å². The molecule has 5 aliphatic heterocycles. The molecule has 7 aliphatic rings. The molecule has 13 rings (SSSR count). The number of hydrogen-bond donors (Lipinski definition) is 0. The minimum atomic E-state index is -0.748. The lowest BCUT2D eigenvalue weighted by atomic mass is 9.63. The minimum absolute atomic E-state index is 0.106. The van der Waals surface area contributed by atoms with Crippen molar-refractivity contribution in [2.75, 3.05) is 44.2 Å². The number of carbonyl (C=O) groups is 5. The molecule has 0 N–H and O–H groups in total. The van der Waals surface area contributed by atoms with E-state index in [0.29, 0.717) is 63.3 Å². The Morgan fingerprint density at radius 3 is 1.75 bits per heavy atom. The van der Waals surface area contributed by atoms with E-state index in [9.17, 15) is 24.0 Å². The lowest BCUT2D eigenvalue weighted by molar-refractivity contribution is -0.141. The lowest BCUT2D eigenvalue weighted by Gasteiger charge is -2.43. The summed E-state index contributed by atoms with van der Waals surface area (Å²) < 4.78 is 18.8. The number of imidazole rings is 1. The molecule has 2 spiro atoms. The zero-order valence-corrected chi connectivity index (χ0v) is 36.9. The number of anilines is 1. The zero-order valence-electron chi connectivity index (χ0n) is 36.9. The van der Waals surface area contributed by atoms with Crippen molar-refractivity contribution in [2.24, 2.45) is 0 Å². The highest BCUT2D eigenvalue weighted by molar-refractivity contribution is 5.97. The van der Waals surface area contributed by atoms with Crippen LogP contribution in [0.15, 0.2) is 122 Å². The number of fused-ring (bicyclic) bond motifs is 5. The molecule has 67 heavy (non-hydrogen) atoms. The van der Waals surface area contributed by atoms with Crippen LogP contribution in [-0.2, 0) is 45.8 Å². The van der Waals surface area contributed by atoms with Crippen molar-refractivity contribution in [1.82, 2.24) is 24.3 Å². The summed E-state index contributed by atoms with van der Waals surface area (Å²) in [6, 6.07) is 33.4. The molecule has 2 aliphatic carbocycles. The average Bonchev–Trinajstić information content (AvgIpc) is 4.20. The summed E-state index contributed by atoms with van der Waals surface area (Å²) in [6.07, 6.45) is 11.3. The van der Waals surface area contributed by atoms with Crippen LogP contribution >= 0.6 is 0 Å². The number of cyclic esters (lactones) is 1. The summed E-state index contributed by atoms with van der Waals surface area (Å²) in [5.41, 5.74) is 6.19. The van der Waals surface area contributed by atoms with Gasteiger partial charge in [0.1, 0.15) is 12.9 Å². The molecular formula is C53H48N6O8. The third-order valence-electron chi connectivity index (χ3n) is 15.7. The molecular weight excluding hydrogens is 849 g/mol. The van der Waals surface area contributed by atoms with E-state index < -0.39 is 22.0 Å². The predicted molar refractivity (Wildman–Crippen MR) is 245 cm³/mol. The second-order valence-corrected chi connectivity index (χ2v) is 19.0. The van der Waals surface area contributed by atoms with E-state index in [0.717, 1.165) is 83.2 Å². The molecule has 2 atom stereocenters. The molecule has 4 aromatic carbocycles. The van der Waals surface area contributed by atoms with Crippen LogP contribution in [0, 0.1) is 0 Å². The van der Waals surface area contributed by atoms with E-state index >= 15 is 0 Å². The first-order chi connectivity index (χ1) is 32.6. The number of ether oxygens (including phenoxy) is 3. The summed E-state index contributed by atoms with van der Waals surface area (Å²) in [5.74, 6) is -0.401. The molecule has 14 heteroatoms. The van der Waals surface area contributed by atoms with Gasteiger partial charge in [0.05, 0.1) is 52.6 Å². The summed E-state index contributed by atoms with van der Waals surface area (Å²) >= 11 is 0. The number of hydrogen-bond acceptors (Lipinski definition) is 10. The van der Waals surface area contributed by atoms with Gasteiger partial charge in [0.25, 0.3) is 0 Å². The fourth-order valence-electron chi connectivity index (χ4n) is 11.7. The Morgan fingerprint density at radius 2 is 1.15 bits per heavy atom. The Hall–Kier alpha value is -7.35. The van der Waals surface area contributed by atoms with Crippen LogP contribution in [0.2, 0.25) is 0 Å². The summed E-state index contributed by atoms with van der Waals surface area (Å²) in [6.45, 7) is 2.88. The fraction of sp³-hybridized carbons (Fsp3) is 0.340. The van der Waals surface area contributed by atoms with Crippen molar-refractivity contribution in [2.45, 2.75) is 73.4 Å². The van der Waals surface area contributed by atoms with E-state index in [1.165, 1.54) is 0 Å². The molecule has 3 saturated heterocycles. The normalized spacial score (nSPS) is 23.8. The van der Waals surface area contributed by atoms with Gasteiger partial charge in [-0.2, -0.15) is 0 Å². The van der Waals surface area contributed by atoms with Crippen molar-refractivity contribution in [3.8, 4) is 5.69 Å². The maximum atomic E-state index is 13.9. The summed E-state index contributed by atoms with van der Waals surface area (Å²) in [7, 11) is 0. The molecule has 3 amide bonds. The number of pyridine rings is 1. The van der Waals surface area contributed by atoms with Crippen LogP contribution in [-0.4, -0.2) is 93.5 Å². The van der Waals surface area contributed by atoms with E-state index in [1.807, 2.05) is 82.9 Å². The highest BCUT2D eigenvalue weighted by Gasteiger charge is 2.57. The van der Waals surface area contributed by atoms with Gasteiger partial charge in [0.2, 0.25) is 11.8 Å². The van der Waals surface area contributed by atoms with Crippen LogP contribution < -0.4 is 4.90 Å². The van der Waals surface area contributed by atoms with Gasteiger partial charge >= 0.3 is 18.0 Å². The van der Waals surface area contributed by atoms with Crippen molar-refractivity contribution < 1.29 is 38.2 Å². The predicted octanol–water partition coefficient (Wildman–Crippen LogP) is 7.50. The van der Waals surface area contributed by atoms with Gasteiger partial charge in [-0.05, 0) is 85.3 Å². The first-order valence-corrected chi connectivity index (χ1v) is 23.3. The number of aromatic nitrogens is 3. The Bertz CT molecular complexity index is 3010. The first kappa shape index (κ1) is 41.1. The van der Waals surface area contributed by atoms with Crippen molar-refractivity contribution in [1.29, 1.82) is 0 Å². The third-order valence-corrected chi connectivity index (χ3v) is 15.7. The largest absolute Gasteiger partial charge is 0.449 e. The van der Waals surface area contributed by atoms with Gasteiger partial charge in [-0.1, -0.05) is 67.4 Å². The maximum Gasteiger partial charge on any atom is 0.414 e. The van der Waals surface area contributed by atoms with Gasteiger partial charge in [0.15, 0.2) is 11.2 Å². The van der Waals surface area contributed by atoms with Crippen LogP contribution in [0.25, 0.3) is 16.7 Å². The Labute approximate surface area is 386 Å². The third kappa shape index (κ3) is 6.31. The Balaban J connectivity index is 0.000000140. The van der Waals surface area contributed by atoms with Crippen molar-refractivity contribution in [3.63, 3.8) is 0 Å². The van der Waals surface area contributed by atoms with Gasteiger partial charge < -0.3 is 24.0 Å². The number of rotatable bonds is 6. The molecule has 338 valence electrons. The van der Waals surface area contributed by atoms with Gasteiger partial charge in [-0.3, -0.25) is 24.0 Å². The Kier molecular flexibility index (Phi) is 9.42. The van der Waals surface area contributed by atoms with Crippen LogP contribution in [0.3, 0.4) is 0 Å². The Morgan fingerprint density at radius 1 is 0.582 bits per heavy atom. The molecule has 14 nitrogen and oxygen atoms in total. The first-order valence-electron chi connectivity index (χ1n) is 23.3. The number of carbonyl (C=O) groups excluding carboxylic acids is 5. The number of amides is 3. The molecule has 0 radical (unpaired) electrons. The number of nitrogens with zero attached hydrogens (tertiary/aromatic N) is 6. The van der Waals surface area contributed by atoms with E-state index in [-0.39, 0.29) is 29.8 Å². The highest BCUT2D eigenvalue weighted by atomic mass is 16.6. The second-order valence-electron chi connectivity index (χ2n) is 19.0. The molecule has 2 unspecified atom stereocenters. The topological polar surface area (TPSA) is 153 Å². The molecule has 2 saturated carbocycles. The minimum Gasteiger partial charge on any atom is -0.449 e. The van der Waals surface area contributed by atoms with E-state index in [1.54, 1.807) is 23.4 Å². The highest BCUT2D eigenvalue weighted by Crippen LogP contribution is 2.51. The monoisotopic (exact) mass is 896 g/mol. The molecule has 7 heterocycles. The smallest absolute Gasteiger partial charge is 0.414 e. The quantitative estimate of drug-likeness (QED) is 0.121. The second kappa shape index (κ2) is 15.4. The van der Waals surface area contributed by atoms with Gasteiger partial charge in [0, 0.05) is 60.8 Å². The van der Waals surface area contributed by atoms with E-state index in [4.69, 9.17) is 14.2 Å². The molecule has 2 aromatic heterocycles. The maximum absolute atomic E-state index is 13.9. The number of para-hydroxylation sites is 2.